The van der Waals surface area contributed by atoms with Gasteiger partial charge < -0.3 is 14.0 Å². The van der Waals surface area contributed by atoms with Crippen molar-refractivity contribution >= 4 is 16.7 Å². The van der Waals surface area contributed by atoms with Gasteiger partial charge in [-0.1, -0.05) is 24.3 Å². The second-order valence-corrected chi connectivity index (χ2v) is 5.43. The molecular formula is C18H15NO3. The third-order valence-corrected chi connectivity index (χ3v) is 3.96. The molecule has 0 N–H and O–H groups in total. The van der Waals surface area contributed by atoms with Crippen LogP contribution in [0.4, 0.5) is 0 Å². The average Bonchev–Trinajstić information content (AvgIpc) is 3.12. The minimum atomic E-state index is 0.0839. The molecule has 0 saturated heterocycles. The summed E-state index contributed by atoms with van der Waals surface area (Å²) in [5.74, 6) is 1.65. The molecule has 4 heteroatoms. The molecule has 0 radical (unpaired) electrons. The van der Waals surface area contributed by atoms with Gasteiger partial charge in [0, 0.05) is 29.2 Å². The van der Waals surface area contributed by atoms with E-state index < -0.39 is 0 Å². The van der Waals surface area contributed by atoms with Crippen molar-refractivity contribution in [1.82, 2.24) is 4.57 Å². The third kappa shape index (κ3) is 2.04. The van der Waals surface area contributed by atoms with Crippen molar-refractivity contribution in [2.75, 3.05) is 6.79 Å². The van der Waals surface area contributed by atoms with Gasteiger partial charge in [0.2, 0.25) is 6.79 Å². The van der Waals surface area contributed by atoms with Crippen molar-refractivity contribution in [2.24, 2.45) is 0 Å². The average molecular weight is 293 g/mol. The molecule has 0 aliphatic carbocycles. The zero-order valence-electron chi connectivity index (χ0n) is 12.2. The van der Waals surface area contributed by atoms with Crippen LogP contribution < -0.4 is 9.47 Å². The first-order valence-electron chi connectivity index (χ1n) is 7.20. The second kappa shape index (κ2) is 4.91. The number of ketones is 1. The molecule has 2 heterocycles. The Bertz CT molecular complexity index is 879. The van der Waals surface area contributed by atoms with Crippen molar-refractivity contribution in [2.45, 2.75) is 13.5 Å². The van der Waals surface area contributed by atoms with Crippen LogP contribution in [0.5, 0.6) is 11.5 Å². The Kier molecular flexibility index (Phi) is 2.89. The molecule has 1 aliphatic heterocycles. The lowest BCUT2D eigenvalue weighted by atomic mass is 10.1. The van der Waals surface area contributed by atoms with Crippen LogP contribution in [0.3, 0.4) is 0 Å². The molecule has 0 fully saturated rings. The van der Waals surface area contributed by atoms with Crippen molar-refractivity contribution in [3.05, 3.63) is 59.8 Å². The van der Waals surface area contributed by atoms with Crippen molar-refractivity contribution in [1.29, 1.82) is 0 Å². The van der Waals surface area contributed by atoms with E-state index in [0.29, 0.717) is 6.54 Å². The van der Waals surface area contributed by atoms with Gasteiger partial charge in [-0.2, -0.15) is 0 Å². The van der Waals surface area contributed by atoms with E-state index in [1.165, 1.54) is 0 Å². The van der Waals surface area contributed by atoms with E-state index in [1.807, 2.05) is 48.7 Å². The van der Waals surface area contributed by atoms with E-state index >= 15 is 0 Å². The van der Waals surface area contributed by atoms with E-state index in [4.69, 9.17) is 9.47 Å². The summed E-state index contributed by atoms with van der Waals surface area (Å²) in [6.45, 7) is 2.57. The van der Waals surface area contributed by atoms with E-state index in [0.717, 1.165) is 33.5 Å². The summed E-state index contributed by atoms with van der Waals surface area (Å²) >= 11 is 0. The molecule has 2 aromatic carbocycles. The number of hydrogen-bond acceptors (Lipinski definition) is 3. The Morgan fingerprint density at radius 3 is 2.82 bits per heavy atom. The van der Waals surface area contributed by atoms with E-state index in [9.17, 15) is 4.79 Å². The van der Waals surface area contributed by atoms with E-state index in [1.54, 1.807) is 6.92 Å². The predicted molar refractivity (Wildman–Crippen MR) is 83.6 cm³/mol. The number of nitrogens with zero attached hydrogens (tertiary/aromatic N) is 1. The summed E-state index contributed by atoms with van der Waals surface area (Å²) in [4.78, 5) is 11.8. The topological polar surface area (TPSA) is 40.5 Å². The monoisotopic (exact) mass is 293 g/mol. The fourth-order valence-corrected chi connectivity index (χ4v) is 2.89. The fourth-order valence-electron chi connectivity index (χ4n) is 2.89. The summed E-state index contributed by atoms with van der Waals surface area (Å²) in [6, 6.07) is 13.9. The maximum absolute atomic E-state index is 11.8. The highest BCUT2D eigenvalue weighted by Crippen LogP contribution is 2.33. The maximum atomic E-state index is 11.8. The SMILES string of the molecule is CC(=O)c1cn(Cc2ccc3c(c2)OCO3)c2ccccc12. The summed E-state index contributed by atoms with van der Waals surface area (Å²) < 4.78 is 12.9. The fraction of sp³-hybridized carbons (Fsp3) is 0.167. The Morgan fingerprint density at radius 1 is 1.14 bits per heavy atom. The Labute approximate surface area is 127 Å². The van der Waals surface area contributed by atoms with E-state index in [2.05, 4.69) is 4.57 Å². The van der Waals surface area contributed by atoms with Crippen LogP contribution in [0, 0.1) is 0 Å². The predicted octanol–water partition coefficient (Wildman–Crippen LogP) is 3.62. The number of carbonyl (C=O) groups is 1. The number of benzene rings is 2. The highest BCUT2D eigenvalue weighted by Gasteiger charge is 2.15. The van der Waals surface area contributed by atoms with Gasteiger partial charge in [0.1, 0.15) is 0 Å². The van der Waals surface area contributed by atoms with Crippen molar-refractivity contribution in [3.8, 4) is 11.5 Å². The second-order valence-electron chi connectivity index (χ2n) is 5.43. The van der Waals surface area contributed by atoms with Gasteiger partial charge in [0.05, 0.1) is 0 Å². The van der Waals surface area contributed by atoms with Crippen LogP contribution in [0.15, 0.2) is 48.7 Å². The first-order chi connectivity index (χ1) is 10.7. The molecule has 1 aliphatic rings. The molecule has 0 atom stereocenters. The lowest BCUT2D eigenvalue weighted by Gasteiger charge is -2.06. The summed E-state index contributed by atoms with van der Waals surface area (Å²) in [7, 11) is 0. The number of aromatic nitrogens is 1. The van der Waals surface area contributed by atoms with Gasteiger partial charge in [0.25, 0.3) is 0 Å². The standard InChI is InChI=1S/C18H15NO3/c1-12(20)15-10-19(16-5-3-2-4-14(15)16)9-13-6-7-17-18(8-13)22-11-21-17/h2-8,10H,9,11H2,1H3. The molecule has 22 heavy (non-hydrogen) atoms. The van der Waals surface area contributed by atoms with Gasteiger partial charge in [0.15, 0.2) is 17.3 Å². The largest absolute Gasteiger partial charge is 0.454 e. The normalized spacial score (nSPS) is 12.8. The number of para-hydroxylation sites is 1. The summed E-state index contributed by atoms with van der Waals surface area (Å²) in [5.41, 5.74) is 2.93. The highest BCUT2D eigenvalue weighted by molar-refractivity contribution is 6.06. The highest BCUT2D eigenvalue weighted by atomic mass is 16.7. The molecule has 0 amide bonds. The first-order valence-corrected chi connectivity index (χ1v) is 7.20. The van der Waals surface area contributed by atoms with E-state index in [-0.39, 0.29) is 12.6 Å². The molecule has 110 valence electrons. The van der Waals surface area contributed by atoms with Gasteiger partial charge in [-0.3, -0.25) is 4.79 Å². The van der Waals surface area contributed by atoms with Crippen LogP contribution >= 0.6 is 0 Å². The van der Waals surface area contributed by atoms with Crippen molar-refractivity contribution in [3.63, 3.8) is 0 Å². The number of fused-ring (bicyclic) bond motifs is 2. The quantitative estimate of drug-likeness (QED) is 0.692. The van der Waals surface area contributed by atoms with Crippen LogP contribution in [-0.2, 0) is 6.54 Å². The van der Waals surface area contributed by atoms with Crippen molar-refractivity contribution < 1.29 is 14.3 Å². The van der Waals surface area contributed by atoms with Crippen LogP contribution in [0.1, 0.15) is 22.8 Å². The zero-order chi connectivity index (χ0) is 15.1. The van der Waals surface area contributed by atoms with Gasteiger partial charge in [-0.15, -0.1) is 0 Å². The minimum absolute atomic E-state index is 0.0839. The number of ether oxygens (including phenoxy) is 2. The molecule has 4 rings (SSSR count). The Hall–Kier alpha value is -2.75. The Balaban J connectivity index is 1.77. The molecule has 0 unspecified atom stereocenters. The number of carbonyl (C=O) groups excluding carboxylic acids is 1. The zero-order valence-corrected chi connectivity index (χ0v) is 12.2. The molecule has 1 aromatic heterocycles. The Morgan fingerprint density at radius 2 is 1.95 bits per heavy atom. The molecule has 0 bridgehead atoms. The summed E-state index contributed by atoms with van der Waals surface area (Å²) in [5, 5.41) is 0.996. The van der Waals surface area contributed by atoms with Gasteiger partial charge >= 0.3 is 0 Å². The molecule has 3 aromatic rings. The molecule has 0 spiro atoms. The summed E-state index contributed by atoms with van der Waals surface area (Å²) in [6.07, 6.45) is 1.93. The molecule has 0 saturated carbocycles. The smallest absolute Gasteiger partial charge is 0.231 e. The maximum Gasteiger partial charge on any atom is 0.231 e. The van der Waals surface area contributed by atoms with Crippen LogP contribution in [-0.4, -0.2) is 17.1 Å². The lowest BCUT2D eigenvalue weighted by Crippen LogP contribution is -1.98. The minimum Gasteiger partial charge on any atom is -0.454 e. The van der Waals surface area contributed by atoms with Gasteiger partial charge in [-0.25, -0.2) is 0 Å². The first kappa shape index (κ1) is 13.0. The third-order valence-electron chi connectivity index (χ3n) is 3.96. The molecular weight excluding hydrogens is 278 g/mol. The van der Waals surface area contributed by atoms with Gasteiger partial charge in [-0.05, 0) is 30.7 Å². The number of rotatable bonds is 3. The van der Waals surface area contributed by atoms with Crippen LogP contribution in [0.25, 0.3) is 10.9 Å². The molecule has 4 nitrogen and oxygen atoms in total. The lowest BCUT2D eigenvalue weighted by molar-refractivity contribution is 0.101. The van der Waals surface area contributed by atoms with Crippen LogP contribution in [0.2, 0.25) is 0 Å². The number of Topliss-reactive ketones (excluding diaryl/α,β-unsaturated/α-hetero) is 1. The number of hydrogen-bond donors (Lipinski definition) is 0.